The number of aromatic amines is 1. The minimum atomic E-state index is -0.247. The summed E-state index contributed by atoms with van der Waals surface area (Å²) in [5, 5.41) is 0.725. The van der Waals surface area contributed by atoms with Crippen LogP contribution in [0.25, 0.3) is 0 Å². The Balaban J connectivity index is 1.67. The molecule has 3 heterocycles. The number of hydrogen-bond donors (Lipinski definition) is 1. The number of aromatic nitrogens is 1. The number of hydrogen-bond acceptors (Lipinski definition) is 4. The lowest BCUT2D eigenvalue weighted by molar-refractivity contribution is -0.0796. The molecule has 1 amide bonds. The van der Waals surface area contributed by atoms with Crippen molar-refractivity contribution in [3.05, 3.63) is 60.5 Å². The van der Waals surface area contributed by atoms with Gasteiger partial charge in [0.2, 0.25) is 0 Å². The normalized spacial score (nSPS) is 16.7. The molecule has 0 unspecified atom stereocenters. The number of amides is 1. The lowest BCUT2D eigenvalue weighted by Gasteiger charge is -2.32. The fraction of sp³-hybridized carbons (Fsp3) is 0.400. The molecule has 2 aliphatic rings. The van der Waals surface area contributed by atoms with E-state index < -0.39 is 0 Å². The van der Waals surface area contributed by atoms with E-state index in [0.29, 0.717) is 48.1 Å². The number of aryl methyl sites for hydroxylation is 2. The number of rotatable bonds is 4. The van der Waals surface area contributed by atoms with Crippen LogP contribution in [0.5, 0.6) is 5.75 Å². The van der Waals surface area contributed by atoms with Gasteiger partial charge in [-0.05, 0) is 37.5 Å². The van der Waals surface area contributed by atoms with E-state index in [1.54, 1.807) is 11.0 Å². The summed E-state index contributed by atoms with van der Waals surface area (Å²) in [6.07, 6.45) is 0.477. The molecule has 0 radical (unpaired) electrons. The van der Waals surface area contributed by atoms with E-state index in [-0.39, 0.29) is 29.1 Å². The van der Waals surface area contributed by atoms with Crippen LogP contribution in [0.15, 0.2) is 16.9 Å². The number of fused-ring (bicyclic) bond motifs is 1. The molecule has 0 bridgehead atoms. The predicted octanol–water partition coefficient (Wildman–Crippen LogP) is 3.27. The number of halogens is 2. The molecular weight excluding hydrogens is 403 g/mol. The third-order valence-electron chi connectivity index (χ3n) is 5.16. The van der Waals surface area contributed by atoms with Crippen LogP contribution in [-0.4, -0.2) is 41.7 Å². The van der Waals surface area contributed by atoms with E-state index in [2.05, 4.69) is 4.98 Å². The summed E-state index contributed by atoms with van der Waals surface area (Å²) in [5.74, 6) is 0.140. The van der Waals surface area contributed by atoms with Gasteiger partial charge in [-0.1, -0.05) is 23.2 Å². The van der Waals surface area contributed by atoms with Gasteiger partial charge in [0.15, 0.2) is 0 Å². The molecule has 1 N–H and O–H groups in total. The van der Waals surface area contributed by atoms with E-state index in [1.165, 1.54) is 0 Å². The van der Waals surface area contributed by atoms with Gasteiger partial charge in [0, 0.05) is 28.9 Å². The second kappa shape index (κ2) is 7.43. The number of pyridine rings is 1. The van der Waals surface area contributed by atoms with Gasteiger partial charge in [-0.25, -0.2) is 0 Å². The van der Waals surface area contributed by atoms with Gasteiger partial charge in [-0.15, -0.1) is 0 Å². The van der Waals surface area contributed by atoms with E-state index in [4.69, 9.17) is 32.7 Å². The minimum absolute atomic E-state index is 0.0878. The molecule has 0 saturated carbocycles. The first-order valence-electron chi connectivity index (χ1n) is 9.09. The van der Waals surface area contributed by atoms with E-state index in [1.807, 2.05) is 19.9 Å². The largest absolute Gasteiger partial charge is 0.484 e. The zero-order valence-electron chi connectivity index (χ0n) is 15.6. The smallest absolute Gasteiger partial charge is 0.256 e. The number of carbonyl (C=O) groups excluding carboxylic acids is 1. The quantitative estimate of drug-likeness (QED) is 0.820. The Morgan fingerprint density at radius 1 is 1.25 bits per heavy atom. The van der Waals surface area contributed by atoms with Crippen LogP contribution in [0.4, 0.5) is 0 Å². The Morgan fingerprint density at radius 3 is 2.64 bits per heavy atom. The van der Waals surface area contributed by atoms with Crippen LogP contribution >= 0.6 is 23.2 Å². The number of ether oxygens (including phenoxy) is 2. The fourth-order valence-corrected chi connectivity index (χ4v) is 4.16. The Bertz CT molecular complexity index is 1010. The zero-order valence-corrected chi connectivity index (χ0v) is 17.1. The van der Waals surface area contributed by atoms with Crippen molar-refractivity contribution in [3.8, 4) is 5.75 Å². The van der Waals surface area contributed by atoms with E-state index >= 15 is 0 Å². The second-order valence-electron chi connectivity index (χ2n) is 7.22. The average Bonchev–Trinajstić information content (AvgIpc) is 2.59. The van der Waals surface area contributed by atoms with Crippen molar-refractivity contribution in [2.75, 3.05) is 19.8 Å². The topological polar surface area (TPSA) is 71.6 Å². The molecule has 0 spiro atoms. The first kappa shape index (κ1) is 19.3. The molecule has 2 aromatic rings. The Hall–Kier alpha value is -2.02. The van der Waals surface area contributed by atoms with Crippen molar-refractivity contribution in [3.63, 3.8) is 0 Å². The SMILES string of the molecule is Cc1cc(C)c(CN2CCc3c(Cl)cc(OC4COC4)c(Cl)c3C2=O)c(=O)[nH]1. The maximum Gasteiger partial charge on any atom is 0.256 e. The van der Waals surface area contributed by atoms with Crippen LogP contribution in [0.3, 0.4) is 0 Å². The fourth-order valence-electron chi connectivity index (χ4n) is 3.58. The minimum Gasteiger partial charge on any atom is -0.484 e. The van der Waals surface area contributed by atoms with Crippen molar-refractivity contribution in [1.29, 1.82) is 0 Å². The number of carbonyl (C=O) groups is 1. The van der Waals surface area contributed by atoms with Gasteiger partial charge < -0.3 is 19.4 Å². The van der Waals surface area contributed by atoms with Gasteiger partial charge in [0.1, 0.15) is 11.9 Å². The average molecular weight is 423 g/mol. The molecule has 1 aromatic heterocycles. The second-order valence-corrected chi connectivity index (χ2v) is 8.01. The van der Waals surface area contributed by atoms with Gasteiger partial charge in [0.25, 0.3) is 11.5 Å². The van der Waals surface area contributed by atoms with Crippen LogP contribution in [-0.2, 0) is 17.7 Å². The maximum atomic E-state index is 13.2. The van der Waals surface area contributed by atoms with Gasteiger partial charge in [0.05, 0.1) is 30.3 Å². The third-order valence-corrected chi connectivity index (χ3v) is 5.87. The molecule has 28 heavy (non-hydrogen) atoms. The summed E-state index contributed by atoms with van der Waals surface area (Å²) in [4.78, 5) is 30.0. The first-order valence-corrected chi connectivity index (χ1v) is 9.84. The first-order chi connectivity index (χ1) is 13.3. The zero-order chi connectivity index (χ0) is 20.0. The molecule has 2 aliphatic heterocycles. The summed E-state index contributed by atoms with van der Waals surface area (Å²) in [5.41, 5.74) is 3.12. The van der Waals surface area contributed by atoms with Crippen molar-refractivity contribution < 1.29 is 14.3 Å². The van der Waals surface area contributed by atoms with Crippen LogP contribution in [0, 0.1) is 13.8 Å². The lowest BCUT2D eigenvalue weighted by Crippen LogP contribution is -2.40. The highest BCUT2D eigenvalue weighted by Gasteiger charge is 2.32. The van der Waals surface area contributed by atoms with Crippen molar-refractivity contribution in [2.45, 2.75) is 32.9 Å². The highest BCUT2D eigenvalue weighted by atomic mass is 35.5. The standard InChI is InChI=1S/C20H20Cl2N2O4/c1-10-5-11(2)23-19(25)14(10)7-24-4-3-13-15(21)6-16(28-12-8-27-9-12)18(22)17(13)20(24)26/h5-6,12H,3-4,7-9H2,1-2H3,(H,23,25). The monoisotopic (exact) mass is 422 g/mol. The Kier molecular flexibility index (Phi) is 5.12. The highest BCUT2D eigenvalue weighted by molar-refractivity contribution is 6.38. The number of nitrogens with one attached hydrogen (secondary N) is 1. The Labute approximate surface area is 172 Å². The molecule has 0 aliphatic carbocycles. The highest BCUT2D eigenvalue weighted by Crippen LogP contribution is 2.39. The summed E-state index contributed by atoms with van der Waals surface area (Å²) in [7, 11) is 0. The number of nitrogens with zero attached hydrogens (tertiary/aromatic N) is 1. The number of benzene rings is 1. The maximum absolute atomic E-state index is 13.2. The van der Waals surface area contributed by atoms with Crippen molar-refractivity contribution >= 4 is 29.1 Å². The van der Waals surface area contributed by atoms with Gasteiger partial charge in [-0.3, -0.25) is 9.59 Å². The molecule has 1 fully saturated rings. The van der Waals surface area contributed by atoms with Crippen molar-refractivity contribution in [1.82, 2.24) is 9.88 Å². The molecule has 1 aromatic carbocycles. The van der Waals surface area contributed by atoms with E-state index in [0.717, 1.165) is 16.8 Å². The molecule has 4 rings (SSSR count). The molecular formula is C20H20Cl2N2O4. The summed E-state index contributed by atoms with van der Waals surface area (Å²) >= 11 is 12.9. The summed E-state index contributed by atoms with van der Waals surface area (Å²) in [6.45, 7) is 5.36. The van der Waals surface area contributed by atoms with E-state index in [9.17, 15) is 9.59 Å². The van der Waals surface area contributed by atoms with Crippen molar-refractivity contribution in [2.24, 2.45) is 0 Å². The molecule has 0 atom stereocenters. The van der Waals surface area contributed by atoms with Crippen LogP contribution in [0.1, 0.15) is 32.7 Å². The van der Waals surface area contributed by atoms with Gasteiger partial charge in [-0.2, -0.15) is 0 Å². The summed E-state index contributed by atoms with van der Waals surface area (Å²) < 4.78 is 10.9. The molecule has 6 nitrogen and oxygen atoms in total. The Morgan fingerprint density at radius 2 is 2.00 bits per heavy atom. The third kappa shape index (κ3) is 3.41. The number of H-pyrrole nitrogens is 1. The predicted molar refractivity (Wildman–Crippen MR) is 107 cm³/mol. The molecule has 8 heteroatoms. The molecule has 1 saturated heterocycles. The van der Waals surface area contributed by atoms with Crippen LogP contribution < -0.4 is 10.3 Å². The summed E-state index contributed by atoms with van der Waals surface area (Å²) in [6, 6.07) is 3.56. The molecule has 148 valence electrons. The lowest BCUT2D eigenvalue weighted by atomic mass is 9.97. The van der Waals surface area contributed by atoms with Gasteiger partial charge >= 0.3 is 0 Å². The van der Waals surface area contributed by atoms with Crippen LogP contribution in [0.2, 0.25) is 10.0 Å².